The van der Waals surface area contributed by atoms with Gasteiger partial charge in [0.05, 0.1) is 12.2 Å². The molecule has 6 nitrogen and oxygen atoms in total. The van der Waals surface area contributed by atoms with E-state index in [1.165, 1.54) is 11.3 Å². The maximum Gasteiger partial charge on any atom is 0.214 e. The summed E-state index contributed by atoms with van der Waals surface area (Å²) in [4.78, 5) is 11.1. The van der Waals surface area contributed by atoms with E-state index in [1.54, 1.807) is 7.05 Å². The minimum atomic E-state index is 0. The number of nitrogens with one attached hydrogen (secondary N) is 2. The number of nitrogens with zero attached hydrogens (tertiary/aromatic N) is 3. The van der Waals surface area contributed by atoms with E-state index in [1.807, 2.05) is 13.8 Å². The third-order valence-electron chi connectivity index (χ3n) is 4.70. The van der Waals surface area contributed by atoms with Gasteiger partial charge in [-0.2, -0.15) is 0 Å². The molecular weight excluding hydrogens is 441 g/mol. The molecule has 2 heterocycles. The third kappa shape index (κ3) is 4.69. The highest BCUT2D eigenvalue weighted by atomic mass is 127. The van der Waals surface area contributed by atoms with Crippen molar-refractivity contribution in [3.05, 3.63) is 47.2 Å². The number of para-hydroxylation sites is 1. The molecule has 0 radical (unpaired) electrons. The van der Waals surface area contributed by atoms with Gasteiger partial charge in [0, 0.05) is 31.9 Å². The first kappa shape index (κ1) is 20.5. The molecule has 1 aliphatic heterocycles. The van der Waals surface area contributed by atoms with Crippen LogP contribution in [0.3, 0.4) is 0 Å². The molecular formula is C19H28IN5O. The molecule has 1 aliphatic rings. The third-order valence-corrected chi connectivity index (χ3v) is 4.70. The van der Waals surface area contributed by atoms with Crippen LogP contribution in [0, 0.1) is 13.8 Å². The molecule has 3 rings (SSSR count). The first-order valence-electron chi connectivity index (χ1n) is 8.80. The molecule has 0 saturated heterocycles. The maximum atomic E-state index is 5.58. The molecule has 0 amide bonds. The fraction of sp³-hybridized carbons (Fsp3) is 0.474. The van der Waals surface area contributed by atoms with E-state index in [0.29, 0.717) is 18.5 Å². The van der Waals surface area contributed by atoms with E-state index < -0.39 is 0 Å². The topological polar surface area (TPSA) is 65.7 Å². The summed E-state index contributed by atoms with van der Waals surface area (Å²) in [5.41, 5.74) is 3.72. The summed E-state index contributed by atoms with van der Waals surface area (Å²) in [6.45, 7) is 8.44. The molecule has 0 aliphatic carbocycles. The Bertz CT molecular complexity index is 739. The highest BCUT2D eigenvalue weighted by molar-refractivity contribution is 14.0. The van der Waals surface area contributed by atoms with Crippen molar-refractivity contribution < 1.29 is 4.42 Å². The van der Waals surface area contributed by atoms with Crippen molar-refractivity contribution in [3.8, 4) is 0 Å². The minimum Gasteiger partial charge on any atom is -0.444 e. The summed E-state index contributed by atoms with van der Waals surface area (Å²) in [5.74, 6) is 2.30. The zero-order valence-corrected chi connectivity index (χ0v) is 18.2. The van der Waals surface area contributed by atoms with Crippen molar-refractivity contribution in [3.63, 3.8) is 0 Å². The number of aromatic nitrogens is 1. The van der Waals surface area contributed by atoms with Crippen molar-refractivity contribution in [1.82, 2.24) is 15.6 Å². The van der Waals surface area contributed by atoms with Crippen LogP contribution in [-0.4, -0.2) is 37.1 Å². The number of halogens is 1. The summed E-state index contributed by atoms with van der Waals surface area (Å²) in [5, 5.41) is 6.61. The molecule has 1 aromatic carbocycles. The largest absolute Gasteiger partial charge is 0.444 e. The summed E-state index contributed by atoms with van der Waals surface area (Å²) in [7, 11) is 1.77. The number of rotatable bonds is 5. The van der Waals surface area contributed by atoms with E-state index in [0.717, 1.165) is 36.9 Å². The molecule has 7 heteroatoms. The molecule has 26 heavy (non-hydrogen) atoms. The number of benzene rings is 1. The van der Waals surface area contributed by atoms with Crippen LogP contribution in [0.1, 0.15) is 29.8 Å². The van der Waals surface area contributed by atoms with Gasteiger partial charge in [0.15, 0.2) is 5.96 Å². The monoisotopic (exact) mass is 469 g/mol. The molecule has 2 N–H and O–H groups in total. The standard InChI is InChI=1S/C19H27N5O.HI/c1-13-11-16-7-5-6-8-17(16)24(13)10-9-21-19(20-4)22-12-18-23-14(2)15(3)25-18;/h5-8,13H,9-12H2,1-4H3,(H2,20,21,22);1H. The van der Waals surface area contributed by atoms with Crippen molar-refractivity contribution in [1.29, 1.82) is 0 Å². The lowest BCUT2D eigenvalue weighted by atomic mass is 10.1. The van der Waals surface area contributed by atoms with Crippen LogP contribution >= 0.6 is 24.0 Å². The maximum absolute atomic E-state index is 5.58. The van der Waals surface area contributed by atoms with E-state index >= 15 is 0 Å². The van der Waals surface area contributed by atoms with Crippen LogP contribution in [-0.2, 0) is 13.0 Å². The summed E-state index contributed by atoms with van der Waals surface area (Å²) in [6.07, 6.45) is 1.12. The fourth-order valence-corrected chi connectivity index (χ4v) is 3.26. The summed E-state index contributed by atoms with van der Waals surface area (Å²) >= 11 is 0. The average Bonchev–Trinajstić information content (AvgIpc) is 3.09. The van der Waals surface area contributed by atoms with E-state index in [2.05, 4.69) is 56.7 Å². The Labute approximate surface area is 172 Å². The van der Waals surface area contributed by atoms with Crippen LogP contribution in [0.15, 0.2) is 33.7 Å². The van der Waals surface area contributed by atoms with Gasteiger partial charge in [-0.25, -0.2) is 4.98 Å². The second-order valence-electron chi connectivity index (χ2n) is 6.48. The highest BCUT2D eigenvalue weighted by Crippen LogP contribution is 2.31. The van der Waals surface area contributed by atoms with Gasteiger partial charge in [0.1, 0.15) is 5.76 Å². The smallest absolute Gasteiger partial charge is 0.214 e. The number of oxazole rings is 1. The lowest BCUT2D eigenvalue weighted by Crippen LogP contribution is -2.42. The van der Waals surface area contributed by atoms with Crippen molar-refractivity contribution in [2.45, 2.75) is 39.8 Å². The lowest BCUT2D eigenvalue weighted by Gasteiger charge is -2.25. The fourth-order valence-electron chi connectivity index (χ4n) is 3.26. The molecule has 0 saturated carbocycles. The summed E-state index contributed by atoms with van der Waals surface area (Å²) in [6, 6.07) is 9.19. The predicted molar refractivity (Wildman–Crippen MR) is 117 cm³/mol. The van der Waals surface area contributed by atoms with Gasteiger partial charge >= 0.3 is 0 Å². The van der Waals surface area contributed by atoms with Crippen molar-refractivity contribution in [2.75, 3.05) is 25.0 Å². The number of hydrogen-bond donors (Lipinski definition) is 2. The molecule has 1 atom stereocenters. The minimum absolute atomic E-state index is 0. The van der Waals surface area contributed by atoms with Gasteiger partial charge in [0.2, 0.25) is 5.89 Å². The highest BCUT2D eigenvalue weighted by Gasteiger charge is 2.24. The quantitative estimate of drug-likeness (QED) is 0.401. The Balaban J connectivity index is 0.00000243. The molecule has 2 aromatic rings. The van der Waals surface area contributed by atoms with Gasteiger partial charge in [0.25, 0.3) is 0 Å². The Morgan fingerprint density at radius 3 is 2.77 bits per heavy atom. The number of aryl methyl sites for hydroxylation is 2. The second-order valence-corrected chi connectivity index (χ2v) is 6.48. The Kier molecular flexibility index (Phi) is 7.31. The molecule has 0 fully saturated rings. The molecule has 0 spiro atoms. The van der Waals surface area contributed by atoms with Gasteiger partial charge < -0.3 is 20.0 Å². The number of fused-ring (bicyclic) bond motifs is 1. The van der Waals surface area contributed by atoms with E-state index in [-0.39, 0.29) is 24.0 Å². The van der Waals surface area contributed by atoms with E-state index in [4.69, 9.17) is 4.42 Å². The van der Waals surface area contributed by atoms with E-state index in [9.17, 15) is 0 Å². The Morgan fingerprint density at radius 2 is 2.08 bits per heavy atom. The number of anilines is 1. The molecule has 1 unspecified atom stereocenters. The normalized spacial score (nSPS) is 16.2. The Morgan fingerprint density at radius 1 is 1.31 bits per heavy atom. The van der Waals surface area contributed by atoms with Crippen molar-refractivity contribution in [2.24, 2.45) is 4.99 Å². The van der Waals surface area contributed by atoms with Crippen LogP contribution in [0.2, 0.25) is 0 Å². The van der Waals surface area contributed by atoms with Crippen LogP contribution in [0.5, 0.6) is 0 Å². The SMILES string of the molecule is CN=C(NCCN1c2ccccc2CC1C)NCc1nc(C)c(C)o1.I. The number of hydrogen-bond acceptors (Lipinski definition) is 4. The Hall–Kier alpha value is -1.77. The first-order chi connectivity index (χ1) is 12.1. The second kappa shape index (κ2) is 9.25. The predicted octanol–water partition coefficient (Wildman–Crippen LogP) is 3.03. The molecule has 142 valence electrons. The van der Waals surface area contributed by atoms with Crippen LogP contribution in [0.4, 0.5) is 5.69 Å². The number of aliphatic imine (C=N–C) groups is 1. The van der Waals surface area contributed by atoms with Gasteiger partial charge in [-0.1, -0.05) is 18.2 Å². The zero-order chi connectivity index (χ0) is 17.8. The lowest BCUT2D eigenvalue weighted by molar-refractivity contribution is 0.463. The zero-order valence-electron chi connectivity index (χ0n) is 15.9. The summed E-state index contributed by atoms with van der Waals surface area (Å²) < 4.78 is 5.58. The average molecular weight is 469 g/mol. The van der Waals surface area contributed by atoms with Gasteiger partial charge in [-0.3, -0.25) is 4.99 Å². The van der Waals surface area contributed by atoms with Gasteiger partial charge in [-0.05, 0) is 38.8 Å². The van der Waals surface area contributed by atoms with Crippen LogP contribution in [0.25, 0.3) is 0 Å². The van der Waals surface area contributed by atoms with Crippen LogP contribution < -0.4 is 15.5 Å². The van der Waals surface area contributed by atoms with Crippen molar-refractivity contribution >= 4 is 35.6 Å². The molecule has 0 bridgehead atoms. The van der Waals surface area contributed by atoms with Gasteiger partial charge in [-0.15, -0.1) is 24.0 Å². The molecule has 1 aromatic heterocycles. The first-order valence-corrected chi connectivity index (χ1v) is 8.80. The number of guanidine groups is 1.